The summed E-state index contributed by atoms with van der Waals surface area (Å²) in [5.41, 5.74) is 0. The molecule has 16 heavy (non-hydrogen) atoms. The average molecular weight is 224 g/mol. The zero-order valence-electron chi connectivity index (χ0n) is 10.3. The summed E-state index contributed by atoms with van der Waals surface area (Å²) in [4.78, 5) is 11.3. The predicted octanol–water partition coefficient (Wildman–Crippen LogP) is 1.85. The molecule has 0 aromatic rings. The summed E-state index contributed by atoms with van der Waals surface area (Å²) in [5, 5.41) is 6.41. The van der Waals surface area contributed by atoms with Crippen LogP contribution in [0.5, 0.6) is 0 Å². The van der Waals surface area contributed by atoms with Gasteiger partial charge in [-0.2, -0.15) is 0 Å². The normalized spacial score (nSPS) is 16.8. The van der Waals surface area contributed by atoms with Crippen LogP contribution in [0, 0.1) is 5.92 Å². The Morgan fingerprint density at radius 2 is 2.25 bits per heavy atom. The molecule has 2 N–H and O–H groups in total. The Morgan fingerprint density at radius 1 is 1.50 bits per heavy atom. The molecule has 0 saturated heterocycles. The van der Waals surface area contributed by atoms with Gasteiger partial charge in [0.15, 0.2) is 0 Å². The van der Waals surface area contributed by atoms with E-state index < -0.39 is 0 Å². The third-order valence-corrected chi connectivity index (χ3v) is 3.02. The second-order valence-electron chi connectivity index (χ2n) is 4.49. The standard InChI is InChI=1S/C13H24N2O/c1-3-5-6-12(4-2)14-9-10-15-13(16)11-7-8-11/h3,11-12,14H,1,4-10H2,2H3,(H,15,16). The number of carbonyl (C=O) groups is 1. The van der Waals surface area contributed by atoms with E-state index >= 15 is 0 Å². The van der Waals surface area contributed by atoms with Crippen LogP contribution in [0.1, 0.15) is 39.0 Å². The molecular formula is C13H24N2O. The Hall–Kier alpha value is -0.830. The zero-order chi connectivity index (χ0) is 11.8. The summed E-state index contributed by atoms with van der Waals surface area (Å²) in [6, 6.07) is 0.552. The highest BCUT2D eigenvalue weighted by molar-refractivity contribution is 5.80. The van der Waals surface area contributed by atoms with Gasteiger partial charge in [-0.25, -0.2) is 0 Å². The summed E-state index contributed by atoms with van der Waals surface area (Å²) in [5.74, 6) is 0.559. The van der Waals surface area contributed by atoms with Gasteiger partial charge in [0.25, 0.3) is 0 Å². The summed E-state index contributed by atoms with van der Waals surface area (Å²) in [6.07, 6.45) is 7.44. The molecule has 1 aliphatic rings. The first-order chi connectivity index (χ1) is 7.77. The average Bonchev–Trinajstić information content (AvgIpc) is 3.11. The summed E-state index contributed by atoms with van der Waals surface area (Å²) in [7, 11) is 0. The van der Waals surface area contributed by atoms with Crippen LogP contribution in [0.2, 0.25) is 0 Å². The fourth-order valence-corrected chi connectivity index (χ4v) is 1.72. The van der Waals surface area contributed by atoms with Crippen LogP contribution < -0.4 is 10.6 Å². The Morgan fingerprint density at radius 3 is 2.81 bits per heavy atom. The minimum Gasteiger partial charge on any atom is -0.355 e. The van der Waals surface area contributed by atoms with E-state index in [9.17, 15) is 4.79 Å². The maximum absolute atomic E-state index is 11.3. The smallest absolute Gasteiger partial charge is 0.223 e. The number of nitrogens with one attached hydrogen (secondary N) is 2. The number of amides is 1. The molecule has 1 amide bonds. The van der Waals surface area contributed by atoms with Crippen molar-refractivity contribution < 1.29 is 4.79 Å². The zero-order valence-corrected chi connectivity index (χ0v) is 10.3. The van der Waals surface area contributed by atoms with Crippen LogP contribution in [0.3, 0.4) is 0 Å². The van der Waals surface area contributed by atoms with E-state index in [0.29, 0.717) is 12.0 Å². The molecule has 0 aliphatic heterocycles. The van der Waals surface area contributed by atoms with Gasteiger partial charge in [0.05, 0.1) is 0 Å². The van der Waals surface area contributed by atoms with Gasteiger partial charge in [-0.15, -0.1) is 6.58 Å². The van der Waals surface area contributed by atoms with Crippen LogP contribution >= 0.6 is 0 Å². The Bertz CT molecular complexity index is 224. The quantitative estimate of drug-likeness (QED) is 0.463. The fourth-order valence-electron chi connectivity index (χ4n) is 1.72. The summed E-state index contributed by atoms with van der Waals surface area (Å²) < 4.78 is 0. The van der Waals surface area contributed by atoms with Crippen LogP contribution in [-0.4, -0.2) is 25.0 Å². The Labute approximate surface area is 98.7 Å². The lowest BCUT2D eigenvalue weighted by molar-refractivity contribution is -0.122. The Balaban J connectivity index is 1.98. The Kier molecular flexibility index (Phi) is 6.16. The molecule has 3 nitrogen and oxygen atoms in total. The molecule has 92 valence electrons. The second-order valence-corrected chi connectivity index (χ2v) is 4.49. The number of rotatable bonds is 9. The SMILES string of the molecule is C=CCCC(CC)NCCNC(=O)C1CC1. The van der Waals surface area contributed by atoms with Crippen LogP contribution in [0.25, 0.3) is 0 Å². The first kappa shape index (κ1) is 13.2. The minimum atomic E-state index is 0.237. The highest BCUT2D eigenvalue weighted by Gasteiger charge is 2.28. The van der Waals surface area contributed by atoms with E-state index in [0.717, 1.165) is 45.2 Å². The van der Waals surface area contributed by atoms with Crippen molar-refractivity contribution in [3.63, 3.8) is 0 Å². The van der Waals surface area contributed by atoms with Crippen molar-refractivity contribution in [1.82, 2.24) is 10.6 Å². The maximum atomic E-state index is 11.3. The molecule has 1 saturated carbocycles. The van der Waals surface area contributed by atoms with E-state index in [2.05, 4.69) is 24.1 Å². The van der Waals surface area contributed by atoms with E-state index in [1.807, 2.05) is 6.08 Å². The highest BCUT2D eigenvalue weighted by Crippen LogP contribution is 2.28. The van der Waals surface area contributed by atoms with Gasteiger partial charge in [-0.05, 0) is 32.1 Å². The monoisotopic (exact) mass is 224 g/mol. The van der Waals surface area contributed by atoms with Crippen molar-refractivity contribution in [3.05, 3.63) is 12.7 Å². The third kappa shape index (κ3) is 5.31. The second kappa shape index (κ2) is 7.44. The van der Waals surface area contributed by atoms with Gasteiger partial charge in [0.2, 0.25) is 5.91 Å². The first-order valence-electron chi connectivity index (χ1n) is 6.40. The summed E-state index contributed by atoms with van der Waals surface area (Å²) >= 11 is 0. The lowest BCUT2D eigenvalue weighted by Gasteiger charge is -2.16. The van der Waals surface area contributed by atoms with Crippen molar-refractivity contribution in [2.24, 2.45) is 5.92 Å². The minimum absolute atomic E-state index is 0.237. The van der Waals surface area contributed by atoms with Crippen molar-refractivity contribution in [1.29, 1.82) is 0 Å². The molecule has 0 heterocycles. The molecule has 1 atom stereocenters. The van der Waals surface area contributed by atoms with Crippen molar-refractivity contribution in [2.45, 2.75) is 45.1 Å². The lowest BCUT2D eigenvalue weighted by atomic mass is 10.1. The van der Waals surface area contributed by atoms with Gasteiger partial charge in [0.1, 0.15) is 0 Å². The first-order valence-corrected chi connectivity index (χ1v) is 6.40. The molecular weight excluding hydrogens is 200 g/mol. The summed E-state index contributed by atoms with van der Waals surface area (Å²) in [6.45, 7) is 7.53. The largest absolute Gasteiger partial charge is 0.355 e. The molecule has 1 unspecified atom stereocenters. The van der Waals surface area contributed by atoms with Crippen LogP contribution in [0.4, 0.5) is 0 Å². The highest BCUT2D eigenvalue weighted by atomic mass is 16.2. The van der Waals surface area contributed by atoms with E-state index in [1.165, 1.54) is 0 Å². The molecule has 1 rings (SSSR count). The molecule has 3 heteroatoms. The predicted molar refractivity (Wildman–Crippen MR) is 67.2 cm³/mol. The molecule has 0 bridgehead atoms. The van der Waals surface area contributed by atoms with Gasteiger partial charge in [0, 0.05) is 25.0 Å². The van der Waals surface area contributed by atoms with E-state index in [-0.39, 0.29) is 5.91 Å². The van der Waals surface area contributed by atoms with Gasteiger partial charge in [-0.3, -0.25) is 4.79 Å². The number of allylic oxidation sites excluding steroid dienone is 1. The topological polar surface area (TPSA) is 41.1 Å². The number of hydrogen-bond donors (Lipinski definition) is 2. The third-order valence-electron chi connectivity index (χ3n) is 3.02. The number of carbonyl (C=O) groups excluding carboxylic acids is 1. The molecule has 1 fully saturated rings. The van der Waals surface area contributed by atoms with Gasteiger partial charge < -0.3 is 10.6 Å². The lowest BCUT2D eigenvalue weighted by Crippen LogP contribution is -2.37. The fraction of sp³-hybridized carbons (Fsp3) is 0.769. The van der Waals surface area contributed by atoms with E-state index in [1.54, 1.807) is 0 Å². The van der Waals surface area contributed by atoms with Crippen LogP contribution in [0.15, 0.2) is 12.7 Å². The van der Waals surface area contributed by atoms with Gasteiger partial charge in [-0.1, -0.05) is 13.0 Å². The van der Waals surface area contributed by atoms with Gasteiger partial charge >= 0.3 is 0 Å². The van der Waals surface area contributed by atoms with Crippen molar-refractivity contribution in [3.8, 4) is 0 Å². The van der Waals surface area contributed by atoms with Crippen molar-refractivity contribution in [2.75, 3.05) is 13.1 Å². The van der Waals surface area contributed by atoms with E-state index in [4.69, 9.17) is 0 Å². The molecule has 0 spiro atoms. The molecule has 0 aromatic carbocycles. The number of hydrogen-bond acceptors (Lipinski definition) is 2. The molecule has 0 aromatic heterocycles. The molecule has 1 aliphatic carbocycles. The maximum Gasteiger partial charge on any atom is 0.223 e. The van der Waals surface area contributed by atoms with Crippen LogP contribution in [-0.2, 0) is 4.79 Å². The van der Waals surface area contributed by atoms with Crippen molar-refractivity contribution >= 4 is 5.91 Å². The molecule has 0 radical (unpaired) electrons.